The molecule has 1 aromatic carbocycles. The van der Waals surface area contributed by atoms with Crippen LogP contribution in [0.3, 0.4) is 0 Å². The molecule has 4 rings (SSSR count). The summed E-state index contributed by atoms with van der Waals surface area (Å²) in [7, 11) is -4.11. The van der Waals surface area contributed by atoms with Crippen LogP contribution in [-0.2, 0) is 14.6 Å². The van der Waals surface area contributed by atoms with E-state index in [1.807, 2.05) is 18.7 Å². The van der Waals surface area contributed by atoms with Gasteiger partial charge in [0, 0.05) is 19.3 Å². The molecule has 0 spiro atoms. The van der Waals surface area contributed by atoms with E-state index >= 15 is 0 Å². The maximum Gasteiger partial charge on any atom is 0.267 e. The number of hydrogen-bond donors (Lipinski definition) is 0. The predicted octanol–water partition coefficient (Wildman–Crippen LogP) is 2.65. The first-order valence-corrected chi connectivity index (χ1v) is 11.6. The van der Waals surface area contributed by atoms with Gasteiger partial charge in [-0.05, 0) is 44.2 Å². The van der Waals surface area contributed by atoms with Crippen molar-refractivity contribution in [2.24, 2.45) is 0 Å². The zero-order valence-corrected chi connectivity index (χ0v) is 18.5. The van der Waals surface area contributed by atoms with Crippen LogP contribution in [0.1, 0.15) is 19.4 Å². The molecule has 1 fully saturated rings. The standard InChI is InChI=1S/C23H22N4O4S/c1-16-14-26(15-17(2)31-16)22-20(23(28)27-11-7-6-10-21(27)25-22)12-19(13-24)32(29,30)18-8-4-3-5-9-18/h3-12,16-17H,14-15H2,1-2H3/b19-12+/t16-,17-/m1/s1. The highest BCUT2D eigenvalue weighted by atomic mass is 32.2. The quantitative estimate of drug-likeness (QED) is 0.563. The van der Waals surface area contributed by atoms with Gasteiger partial charge in [-0.25, -0.2) is 13.4 Å². The number of allylic oxidation sites excluding steroid dienone is 1. The summed E-state index contributed by atoms with van der Waals surface area (Å²) in [6.07, 6.45) is 2.50. The Morgan fingerprint density at radius 3 is 2.44 bits per heavy atom. The minimum absolute atomic E-state index is 0.0168. The summed E-state index contributed by atoms with van der Waals surface area (Å²) in [5, 5.41) is 9.71. The molecule has 164 valence electrons. The highest BCUT2D eigenvalue weighted by Gasteiger charge is 2.28. The number of aromatic nitrogens is 2. The molecule has 3 heterocycles. The first-order valence-electron chi connectivity index (χ1n) is 10.1. The zero-order chi connectivity index (χ0) is 22.9. The number of nitrogens with zero attached hydrogens (tertiary/aromatic N) is 4. The second kappa shape index (κ2) is 8.57. The molecule has 9 heteroatoms. The molecular weight excluding hydrogens is 428 g/mol. The van der Waals surface area contributed by atoms with Gasteiger partial charge < -0.3 is 9.64 Å². The molecule has 0 amide bonds. The summed E-state index contributed by atoms with van der Waals surface area (Å²) in [6.45, 7) is 4.81. The maximum absolute atomic E-state index is 13.4. The highest BCUT2D eigenvalue weighted by Crippen LogP contribution is 2.26. The third kappa shape index (κ3) is 4.02. The van der Waals surface area contributed by atoms with Crippen molar-refractivity contribution in [1.29, 1.82) is 5.26 Å². The molecule has 1 aliphatic rings. The molecule has 0 N–H and O–H groups in total. The van der Waals surface area contributed by atoms with Gasteiger partial charge in [-0.15, -0.1) is 0 Å². The van der Waals surface area contributed by atoms with Gasteiger partial charge in [0.2, 0.25) is 9.84 Å². The Labute approximate surface area is 185 Å². The van der Waals surface area contributed by atoms with Gasteiger partial charge in [-0.2, -0.15) is 5.26 Å². The predicted molar refractivity (Wildman–Crippen MR) is 121 cm³/mol. The molecule has 0 saturated carbocycles. The largest absolute Gasteiger partial charge is 0.372 e. The molecule has 3 aromatic rings. The van der Waals surface area contributed by atoms with Gasteiger partial charge in [0.05, 0.1) is 22.7 Å². The Bertz CT molecular complexity index is 1380. The number of fused-ring (bicyclic) bond motifs is 1. The van der Waals surface area contributed by atoms with Gasteiger partial charge in [0.1, 0.15) is 22.4 Å². The lowest BCUT2D eigenvalue weighted by molar-refractivity contribution is -0.00546. The number of rotatable bonds is 4. The SMILES string of the molecule is C[C@@H]1CN(c2nc3ccccn3c(=O)c2/C=C(\C#N)S(=O)(=O)c2ccccc2)C[C@@H](C)O1. The minimum Gasteiger partial charge on any atom is -0.372 e. The summed E-state index contributed by atoms with van der Waals surface area (Å²) in [5.41, 5.74) is 0.0281. The first-order chi connectivity index (χ1) is 15.3. The summed E-state index contributed by atoms with van der Waals surface area (Å²) in [6, 6.07) is 14.6. The Kier molecular flexibility index (Phi) is 5.82. The Morgan fingerprint density at radius 1 is 1.12 bits per heavy atom. The van der Waals surface area contributed by atoms with Crippen LogP contribution < -0.4 is 10.5 Å². The van der Waals surface area contributed by atoms with Crippen LogP contribution in [-0.4, -0.2) is 43.1 Å². The van der Waals surface area contributed by atoms with Gasteiger partial charge in [-0.3, -0.25) is 9.20 Å². The number of nitriles is 1. The molecule has 0 bridgehead atoms. The highest BCUT2D eigenvalue weighted by molar-refractivity contribution is 7.95. The van der Waals surface area contributed by atoms with E-state index in [1.54, 1.807) is 48.7 Å². The summed E-state index contributed by atoms with van der Waals surface area (Å²) in [5.74, 6) is 0.333. The van der Waals surface area contributed by atoms with Crippen molar-refractivity contribution in [3.63, 3.8) is 0 Å². The van der Waals surface area contributed by atoms with E-state index in [0.717, 1.165) is 6.08 Å². The van der Waals surface area contributed by atoms with Gasteiger partial charge in [0.15, 0.2) is 0 Å². The van der Waals surface area contributed by atoms with E-state index in [1.165, 1.54) is 16.5 Å². The van der Waals surface area contributed by atoms with Crippen molar-refractivity contribution in [1.82, 2.24) is 9.38 Å². The summed E-state index contributed by atoms with van der Waals surface area (Å²) >= 11 is 0. The van der Waals surface area contributed by atoms with Crippen LogP contribution in [0.5, 0.6) is 0 Å². The van der Waals surface area contributed by atoms with Crippen molar-refractivity contribution in [2.75, 3.05) is 18.0 Å². The fourth-order valence-electron chi connectivity index (χ4n) is 3.84. The molecule has 2 atom stereocenters. The Balaban J connectivity index is 1.95. The topological polar surface area (TPSA) is 105 Å². The Morgan fingerprint density at radius 2 is 1.78 bits per heavy atom. The third-order valence-electron chi connectivity index (χ3n) is 5.20. The van der Waals surface area contributed by atoms with Crippen molar-refractivity contribution < 1.29 is 13.2 Å². The molecule has 32 heavy (non-hydrogen) atoms. The van der Waals surface area contributed by atoms with Crippen LogP contribution in [0.2, 0.25) is 0 Å². The van der Waals surface area contributed by atoms with Crippen molar-refractivity contribution in [3.05, 3.63) is 75.6 Å². The first kappa shape index (κ1) is 21.7. The number of morpholine rings is 1. The van der Waals surface area contributed by atoms with E-state index in [0.29, 0.717) is 24.6 Å². The number of ether oxygens (including phenoxy) is 1. The van der Waals surface area contributed by atoms with Crippen LogP contribution in [0.4, 0.5) is 5.82 Å². The second-order valence-electron chi connectivity index (χ2n) is 7.68. The average Bonchev–Trinajstić information content (AvgIpc) is 2.78. The molecular formula is C23H22N4O4S. The summed E-state index contributed by atoms with van der Waals surface area (Å²) in [4.78, 5) is 19.4. The molecule has 1 aliphatic heterocycles. The summed E-state index contributed by atoms with van der Waals surface area (Å²) < 4.78 is 33.3. The fourth-order valence-corrected chi connectivity index (χ4v) is 5.00. The average molecular weight is 451 g/mol. The van der Waals surface area contributed by atoms with Crippen molar-refractivity contribution in [3.8, 4) is 6.07 Å². The lowest BCUT2D eigenvalue weighted by Gasteiger charge is -2.36. The molecule has 2 aromatic heterocycles. The Hall–Kier alpha value is -3.48. The van der Waals surface area contributed by atoms with E-state index in [9.17, 15) is 18.5 Å². The maximum atomic E-state index is 13.4. The van der Waals surface area contributed by atoms with Crippen molar-refractivity contribution in [2.45, 2.75) is 31.0 Å². The van der Waals surface area contributed by atoms with Crippen LogP contribution in [0.15, 0.2) is 69.3 Å². The van der Waals surface area contributed by atoms with E-state index in [-0.39, 0.29) is 22.7 Å². The molecule has 8 nitrogen and oxygen atoms in total. The third-order valence-corrected chi connectivity index (χ3v) is 6.88. The fraction of sp³-hybridized carbons (Fsp3) is 0.261. The van der Waals surface area contributed by atoms with Crippen LogP contribution in [0.25, 0.3) is 11.7 Å². The number of pyridine rings is 1. The lowest BCUT2D eigenvalue weighted by Crippen LogP contribution is -2.46. The van der Waals surface area contributed by atoms with Gasteiger partial charge >= 0.3 is 0 Å². The number of sulfone groups is 1. The molecule has 0 radical (unpaired) electrons. The molecule has 1 saturated heterocycles. The van der Waals surface area contributed by atoms with E-state index in [2.05, 4.69) is 4.98 Å². The smallest absolute Gasteiger partial charge is 0.267 e. The van der Waals surface area contributed by atoms with Crippen LogP contribution >= 0.6 is 0 Å². The van der Waals surface area contributed by atoms with Gasteiger partial charge in [0.25, 0.3) is 5.56 Å². The second-order valence-corrected chi connectivity index (χ2v) is 9.60. The van der Waals surface area contributed by atoms with Crippen molar-refractivity contribution >= 4 is 27.4 Å². The molecule has 0 aliphatic carbocycles. The van der Waals surface area contributed by atoms with Gasteiger partial charge in [-0.1, -0.05) is 24.3 Å². The monoisotopic (exact) mass is 450 g/mol. The minimum atomic E-state index is -4.11. The zero-order valence-electron chi connectivity index (χ0n) is 17.7. The number of benzene rings is 1. The molecule has 0 unspecified atom stereocenters. The van der Waals surface area contributed by atoms with Crippen LogP contribution in [0, 0.1) is 11.3 Å². The number of hydrogen-bond acceptors (Lipinski definition) is 7. The normalized spacial score (nSPS) is 19.7. The van der Waals surface area contributed by atoms with E-state index < -0.39 is 20.3 Å². The number of anilines is 1. The van der Waals surface area contributed by atoms with E-state index in [4.69, 9.17) is 4.74 Å². The lowest BCUT2D eigenvalue weighted by atomic mass is 10.2.